The lowest BCUT2D eigenvalue weighted by Gasteiger charge is -2.09. The van der Waals surface area contributed by atoms with Gasteiger partial charge >= 0.3 is 0 Å². The quantitative estimate of drug-likeness (QED) is 0.342. The summed E-state index contributed by atoms with van der Waals surface area (Å²) in [5, 5.41) is 0.742. The maximum absolute atomic E-state index is 13.4. The van der Waals surface area contributed by atoms with Gasteiger partial charge in [0, 0.05) is 10.9 Å². The Morgan fingerprint density at radius 1 is 0.882 bits per heavy atom. The fraction of sp³-hybridized carbons (Fsp3) is 0.0769. The summed E-state index contributed by atoms with van der Waals surface area (Å²) in [6.07, 6.45) is 0. The molecule has 1 aliphatic rings. The summed E-state index contributed by atoms with van der Waals surface area (Å²) in [5.41, 5.74) is 5.12. The Morgan fingerprint density at radius 2 is 1.68 bits per heavy atom. The maximum atomic E-state index is 13.4. The molecule has 0 spiro atoms. The first-order valence-electron chi connectivity index (χ1n) is 10.6. The molecule has 0 radical (unpaired) electrons. The molecule has 3 aromatic carbocycles. The molecule has 0 fully saturated rings. The number of pyridine rings is 1. The number of rotatable bonds is 5. The van der Waals surface area contributed by atoms with Gasteiger partial charge in [0.1, 0.15) is 35.0 Å². The Labute approximate surface area is 197 Å². The predicted molar refractivity (Wildman–Crippen MR) is 128 cm³/mol. The van der Waals surface area contributed by atoms with Crippen molar-refractivity contribution in [3.8, 4) is 5.75 Å². The van der Waals surface area contributed by atoms with E-state index in [1.165, 1.54) is 12.1 Å². The van der Waals surface area contributed by atoms with Crippen molar-refractivity contribution in [1.82, 2.24) is 13.7 Å². The molecule has 2 aromatic heterocycles. The Kier molecular flexibility index (Phi) is 5.00. The molecule has 0 bridgehead atoms. The van der Waals surface area contributed by atoms with Crippen LogP contribution >= 0.6 is 11.7 Å². The summed E-state index contributed by atoms with van der Waals surface area (Å²) in [5.74, 6) is 0.832. The zero-order chi connectivity index (χ0) is 23.1. The number of hydrogen-bond acceptors (Lipinski definition) is 7. The van der Waals surface area contributed by atoms with Crippen LogP contribution in [0.2, 0.25) is 0 Å². The van der Waals surface area contributed by atoms with E-state index in [0.717, 1.165) is 45.0 Å². The molecule has 5 aromatic rings. The molecule has 0 amide bonds. The fourth-order valence-corrected chi connectivity index (χ4v) is 4.46. The van der Waals surface area contributed by atoms with Gasteiger partial charge in [-0.15, -0.1) is 0 Å². The van der Waals surface area contributed by atoms with Crippen molar-refractivity contribution >= 4 is 50.8 Å². The Morgan fingerprint density at radius 3 is 2.56 bits per heavy atom. The van der Waals surface area contributed by atoms with Gasteiger partial charge < -0.3 is 9.47 Å². The minimum atomic E-state index is -0.288. The summed E-state index contributed by atoms with van der Waals surface area (Å²) < 4.78 is 33.5. The number of nitrogens with zero attached hydrogens (tertiary/aromatic N) is 3. The van der Waals surface area contributed by atoms with Crippen molar-refractivity contribution in [3.63, 3.8) is 0 Å². The van der Waals surface area contributed by atoms with Gasteiger partial charge in [0.25, 0.3) is 0 Å². The number of halogens is 1. The molecule has 6 rings (SSSR count). The minimum Gasteiger partial charge on any atom is -0.487 e. The van der Waals surface area contributed by atoms with Gasteiger partial charge in [0.05, 0.1) is 28.5 Å². The van der Waals surface area contributed by atoms with Crippen LogP contribution in [-0.2, 0) is 16.1 Å². The lowest BCUT2D eigenvalue weighted by atomic mass is 9.99. The van der Waals surface area contributed by atoms with Gasteiger partial charge in [0.15, 0.2) is 6.61 Å². The number of carbonyl (C=O) groups is 1. The SMILES string of the molecule is O=C1COC(c2ccc3nsnc3c2)=C1c1ccc(OCc2ccc3cc(F)ccc3n2)cc1. The second-order valence-corrected chi connectivity index (χ2v) is 8.36. The number of ether oxygens (including phenoxy) is 2. The van der Waals surface area contributed by atoms with Crippen LogP contribution in [0.1, 0.15) is 16.8 Å². The number of aromatic nitrogens is 3. The van der Waals surface area contributed by atoms with Gasteiger partial charge in [-0.1, -0.05) is 18.2 Å². The van der Waals surface area contributed by atoms with Crippen LogP contribution in [-0.4, -0.2) is 26.1 Å². The smallest absolute Gasteiger partial charge is 0.204 e. The Hall–Kier alpha value is -4.17. The van der Waals surface area contributed by atoms with E-state index in [4.69, 9.17) is 9.47 Å². The molecule has 0 saturated heterocycles. The van der Waals surface area contributed by atoms with E-state index in [1.807, 2.05) is 54.6 Å². The number of carbonyl (C=O) groups excluding carboxylic acids is 1. The molecule has 166 valence electrons. The Balaban J connectivity index is 1.23. The highest BCUT2D eigenvalue weighted by Gasteiger charge is 2.27. The molecule has 0 N–H and O–H groups in total. The summed E-state index contributed by atoms with van der Waals surface area (Å²) >= 11 is 1.15. The molecule has 0 unspecified atom stereocenters. The molecule has 1 aliphatic heterocycles. The largest absolute Gasteiger partial charge is 0.487 e. The second-order valence-electron chi connectivity index (χ2n) is 7.84. The monoisotopic (exact) mass is 469 g/mol. The highest BCUT2D eigenvalue weighted by atomic mass is 32.1. The molecule has 0 aliphatic carbocycles. The first-order valence-corrected chi connectivity index (χ1v) is 11.3. The van der Waals surface area contributed by atoms with E-state index < -0.39 is 0 Å². The van der Waals surface area contributed by atoms with Crippen LogP contribution in [0.4, 0.5) is 4.39 Å². The van der Waals surface area contributed by atoms with Gasteiger partial charge in [-0.3, -0.25) is 4.79 Å². The number of benzene rings is 3. The normalized spacial score (nSPS) is 13.6. The van der Waals surface area contributed by atoms with Crippen molar-refractivity contribution in [2.24, 2.45) is 0 Å². The van der Waals surface area contributed by atoms with Crippen molar-refractivity contribution in [2.45, 2.75) is 6.61 Å². The van der Waals surface area contributed by atoms with Gasteiger partial charge in [-0.05, 0) is 60.2 Å². The molecule has 3 heterocycles. The van der Waals surface area contributed by atoms with E-state index in [9.17, 15) is 9.18 Å². The van der Waals surface area contributed by atoms with Crippen molar-refractivity contribution < 1.29 is 18.7 Å². The second kappa shape index (κ2) is 8.31. The van der Waals surface area contributed by atoms with Crippen molar-refractivity contribution in [2.75, 3.05) is 6.61 Å². The van der Waals surface area contributed by atoms with E-state index >= 15 is 0 Å². The first kappa shape index (κ1) is 20.4. The number of Topliss-reactive ketones (excluding diaryl/α,β-unsaturated/α-hetero) is 1. The van der Waals surface area contributed by atoms with Crippen LogP contribution in [0.25, 0.3) is 33.3 Å². The average Bonchev–Trinajstić information content (AvgIpc) is 3.49. The summed E-state index contributed by atoms with van der Waals surface area (Å²) in [6, 6.07) is 21.1. The molecule has 8 heteroatoms. The van der Waals surface area contributed by atoms with E-state index in [0.29, 0.717) is 22.6 Å². The lowest BCUT2D eigenvalue weighted by molar-refractivity contribution is -0.114. The van der Waals surface area contributed by atoms with E-state index in [1.54, 1.807) is 6.07 Å². The third kappa shape index (κ3) is 3.78. The van der Waals surface area contributed by atoms with Crippen LogP contribution in [0, 0.1) is 5.82 Å². The topological polar surface area (TPSA) is 74.2 Å². The molecule has 34 heavy (non-hydrogen) atoms. The average molecular weight is 469 g/mol. The van der Waals surface area contributed by atoms with Crippen LogP contribution in [0.3, 0.4) is 0 Å². The molecular formula is C26H16FN3O3S. The molecular weight excluding hydrogens is 453 g/mol. The van der Waals surface area contributed by atoms with Gasteiger partial charge in [0.2, 0.25) is 5.78 Å². The summed E-state index contributed by atoms with van der Waals surface area (Å²) in [7, 11) is 0. The van der Waals surface area contributed by atoms with Gasteiger partial charge in [-0.25, -0.2) is 9.37 Å². The predicted octanol–water partition coefficient (Wildman–Crippen LogP) is 5.43. The first-order chi connectivity index (χ1) is 16.6. The van der Waals surface area contributed by atoms with Crippen LogP contribution < -0.4 is 4.74 Å². The summed E-state index contributed by atoms with van der Waals surface area (Å²) in [4.78, 5) is 17.1. The zero-order valence-electron chi connectivity index (χ0n) is 17.7. The Bertz CT molecular complexity index is 1590. The number of ketones is 1. The fourth-order valence-electron chi connectivity index (χ4n) is 3.95. The van der Waals surface area contributed by atoms with Crippen molar-refractivity contribution in [3.05, 3.63) is 95.4 Å². The summed E-state index contributed by atoms with van der Waals surface area (Å²) in [6.45, 7) is 0.276. The van der Waals surface area contributed by atoms with Gasteiger partial charge in [-0.2, -0.15) is 8.75 Å². The molecule has 0 saturated carbocycles. The van der Waals surface area contributed by atoms with Crippen molar-refractivity contribution in [1.29, 1.82) is 0 Å². The third-order valence-electron chi connectivity index (χ3n) is 5.61. The third-order valence-corrected chi connectivity index (χ3v) is 6.16. The lowest BCUT2D eigenvalue weighted by Crippen LogP contribution is -2.01. The highest BCUT2D eigenvalue weighted by Crippen LogP contribution is 2.35. The molecule has 0 atom stereocenters. The minimum absolute atomic E-state index is 0.00774. The van der Waals surface area contributed by atoms with E-state index in [-0.39, 0.29) is 24.8 Å². The number of fused-ring (bicyclic) bond motifs is 2. The maximum Gasteiger partial charge on any atom is 0.204 e. The van der Waals surface area contributed by atoms with Crippen LogP contribution in [0.5, 0.6) is 5.75 Å². The zero-order valence-corrected chi connectivity index (χ0v) is 18.5. The molecule has 6 nitrogen and oxygen atoms in total. The highest BCUT2D eigenvalue weighted by molar-refractivity contribution is 7.00. The standard InChI is InChI=1S/C26H16FN3O3S/c27-18-5-10-21-16(11-18)1-6-19(28-21)13-32-20-7-2-15(3-8-20)25-24(31)14-33-26(25)17-4-9-22-23(12-17)30-34-29-22/h1-12H,13-14H2. The van der Waals surface area contributed by atoms with Crippen LogP contribution in [0.15, 0.2) is 72.8 Å². The number of hydrogen-bond donors (Lipinski definition) is 0. The van der Waals surface area contributed by atoms with E-state index in [2.05, 4.69) is 13.7 Å².